The topological polar surface area (TPSA) is 81.5 Å². The number of carbonyl (C=O) groups excluding carboxylic acids is 1. The summed E-state index contributed by atoms with van der Waals surface area (Å²) in [4.78, 5) is 22.1. The molecule has 7 heteroatoms. The molecule has 126 valence electrons. The van der Waals surface area contributed by atoms with Crippen LogP contribution in [0.5, 0.6) is 0 Å². The average Bonchev–Trinajstić information content (AvgIpc) is 2.56. The van der Waals surface area contributed by atoms with E-state index in [9.17, 15) is 19.3 Å². The molecule has 0 aliphatic heterocycles. The minimum atomic E-state index is -0.792. The number of rotatable bonds is 5. The summed E-state index contributed by atoms with van der Waals surface area (Å²) in [6.45, 7) is 3.50. The molecule has 1 unspecified atom stereocenters. The highest BCUT2D eigenvalue weighted by Crippen LogP contribution is 2.26. The van der Waals surface area contributed by atoms with Gasteiger partial charge in [0.05, 0.1) is 12.0 Å². The van der Waals surface area contributed by atoms with Gasteiger partial charge in [0.25, 0.3) is 5.69 Å². The number of halogens is 1. The monoisotopic (exact) mass is 332 g/mol. The molecule has 1 atom stereocenters. The summed E-state index contributed by atoms with van der Waals surface area (Å²) in [5.74, 6) is -1.10. The fourth-order valence-corrected chi connectivity index (χ4v) is 2.27. The van der Waals surface area contributed by atoms with Gasteiger partial charge in [0.15, 0.2) is 0 Å². The molecule has 2 aromatic rings. The first-order chi connectivity index (χ1) is 11.3. The van der Waals surface area contributed by atoms with Crippen molar-refractivity contribution in [2.24, 2.45) is 0 Å². The van der Waals surface area contributed by atoms with E-state index < -0.39 is 10.9 Å². The number of nitrogens with one attached hydrogen (secondary N) is 1. The summed E-state index contributed by atoms with van der Waals surface area (Å²) >= 11 is 0. The van der Waals surface area contributed by atoms with Crippen LogP contribution in [0.25, 0.3) is 0 Å². The van der Waals surface area contributed by atoms with Crippen molar-refractivity contribution in [2.75, 3.05) is 12.4 Å². The lowest BCUT2D eigenvalue weighted by atomic mass is 10.1. The number of benzene rings is 2. The molecule has 0 saturated carbocycles. The third kappa shape index (κ3) is 3.68. The molecule has 1 N–H and O–H groups in total. The first kappa shape index (κ1) is 17.4. The highest BCUT2D eigenvalue weighted by Gasteiger charge is 2.21. The summed E-state index contributed by atoms with van der Waals surface area (Å²) in [6.07, 6.45) is 0. The van der Waals surface area contributed by atoms with Crippen LogP contribution in [0, 0.1) is 22.9 Å². The molecule has 0 aliphatic carbocycles. The van der Waals surface area contributed by atoms with Crippen molar-refractivity contribution < 1.29 is 18.8 Å². The zero-order valence-corrected chi connectivity index (χ0v) is 13.5. The number of ether oxygens (including phenoxy) is 1. The number of carbonyl (C=O) groups is 1. The van der Waals surface area contributed by atoms with Gasteiger partial charge in [-0.2, -0.15) is 0 Å². The predicted octanol–water partition coefficient (Wildman–Crippen LogP) is 4.00. The number of esters is 1. The van der Waals surface area contributed by atoms with Crippen molar-refractivity contribution in [1.82, 2.24) is 0 Å². The fraction of sp³-hybridized carbons (Fsp3) is 0.235. The molecule has 2 aromatic carbocycles. The highest BCUT2D eigenvalue weighted by molar-refractivity contribution is 5.95. The predicted molar refractivity (Wildman–Crippen MR) is 87.6 cm³/mol. The Morgan fingerprint density at radius 1 is 1.29 bits per heavy atom. The van der Waals surface area contributed by atoms with Crippen LogP contribution >= 0.6 is 0 Å². The Morgan fingerprint density at radius 3 is 2.58 bits per heavy atom. The Bertz CT molecular complexity index is 792. The smallest absolute Gasteiger partial charge is 0.344 e. The third-order valence-corrected chi connectivity index (χ3v) is 3.68. The Kier molecular flexibility index (Phi) is 5.13. The van der Waals surface area contributed by atoms with Gasteiger partial charge in [0.1, 0.15) is 11.4 Å². The minimum Gasteiger partial charge on any atom is -0.465 e. The Labute approximate surface area is 138 Å². The molecule has 0 bridgehead atoms. The largest absolute Gasteiger partial charge is 0.465 e. The standard InChI is InChI=1S/C17H17FN2O4/c1-10-4-5-12(8-15(10)18)11(2)19-13-6-7-16(20(22)23)14(9-13)17(21)24-3/h4-9,11,19H,1-3H3. The lowest BCUT2D eigenvalue weighted by Gasteiger charge is -2.17. The van der Waals surface area contributed by atoms with Gasteiger partial charge >= 0.3 is 5.97 Å². The van der Waals surface area contributed by atoms with Crippen LogP contribution in [0.1, 0.15) is 34.5 Å². The highest BCUT2D eigenvalue weighted by atomic mass is 19.1. The van der Waals surface area contributed by atoms with Gasteiger partial charge in [0, 0.05) is 17.8 Å². The molecule has 0 radical (unpaired) electrons. The third-order valence-electron chi connectivity index (χ3n) is 3.68. The quantitative estimate of drug-likeness (QED) is 0.508. The maximum atomic E-state index is 13.7. The van der Waals surface area contributed by atoms with Gasteiger partial charge < -0.3 is 10.1 Å². The summed E-state index contributed by atoms with van der Waals surface area (Å²) in [7, 11) is 1.16. The van der Waals surface area contributed by atoms with Gasteiger partial charge in [-0.15, -0.1) is 0 Å². The van der Waals surface area contributed by atoms with Crippen molar-refractivity contribution in [3.8, 4) is 0 Å². The molecule has 0 fully saturated rings. The normalized spacial score (nSPS) is 11.7. The lowest BCUT2D eigenvalue weighted by Crippen LogP contribution is -2.10. The van der Waals surface area contributed by atoms with Crippen LogP contribution < -0.4 is 5.32 Å². The maximum Gasteiger partial charge on any atom is 0.344 e. The van der Waals surface area contributed by atoms with Crippen LogP contribution in [-0.2, 0) is 4.74 Å². The van der Waals surface area contributed by atoms with E-state index in [1.165, 1.54) is 24.3 Å². The van der Waals surface area contributed by atoms with E-state index >= 15 is 0 Å². The van der Waals surface area contributed by atoms with E-state index in [1.807, 2.05) is 6.92 Å². The van der Waals surface area contributed by atoms with Crippen LogP contribution in [0.15, 0.2) is 36.4 Å². The Balaban J connectivity index is 2.30. The van der Waals surface area contributed by atoms with E-state index in [2.05, 4.69) is 10.1 Å². The number of nitro groups is 1. The van der Waals surface area contributed by atoms with E-state index in [4.69, 9.17) is 0 Å². The fourth-order valence-electron chi connectivity index (χ4n) is 2.27. The van der Waals surface area contributed by atoms with Crippen LogP contribution in [0.4, 0.5) is 15.8 Å². The maximum absolute atomic E-state index is 13.7. The van der Waals surface area contributed by atoms with Gasteiger partial charge in [-0.3, -0.25) is 10.1 Å². The second-order valence-electron chi connectivity index (χ2n) is 5.36. The molecule has 0 aromatic heterocycles. The van der Waals surface area contributed by atoms with Gasteiger partial charge in [-0.1, -0.05) is 12.1 Å². The van der Waals surface area contributed by atoms with Gasteiger partial charge in [-0.25, -0.2) is 9.18 Å². The second kappa shape index (κ2) is 7.08. The Hall–Kier alpha value is -2.96. The van der Waals surface area contributed by atoms with Crippen molar-refractivity contribution in [2.45, 2.75) is 19.9 Å². The van der Waals surface area contributed by atoms with Crippen molar-refractivity contribution in [1.29, 1.82) is 0 Å². The number of hydrogen-bond donors (Lipinski definition) is 1. The molecular weight excluding hydrogens is 315 g/mol. The van der Waals surface area contributed by atoms with Crippen molar-refractivity contribution in [3.05, 3.63) is 69.0 Å². The number of nitro benzene ring substituents is 1. The number of nitrogens with zero attached hydrogens (tertiary/aromatic N) is 1. The summed E-state index contributed by atoms with van der Waals surface area (Å²) in [5.41, 5.74) is 1.29. The molecule has 0 heterocycles. The van der Waals surface area contributed by atoms with Gasteiger partial charge in [0.2, 0.25) is 0 Å². The van der Waals surface area contributed by atoms with E-state index in [1.54, 1.807) is 19.1 Å². The second-order valence-corrected chi connectivity index (χ2v) is 5.36. The lowest BCUT2D eigenvalue weighted by molar-refractivity contribution is -0.385. The van der Waals surface area contributed by atoms with Crippen molar-refractivity contribution in [3.63, 3.8) is 0 Å². The molecule has 0 spiro atoms. The SMILES string of the molecule is COC(=O)c1cc(NC(C)c2ccc(C)c(F)c2)ccc1[N+](=O)[O-]. The minimum absolute atomic E-state index is 0.144. The Morgan fingerprint density at radius 2 is 2.00 bits per heavy atom. The van der Waals surface area contributed by atoms with Crippen LogP contribution in [-0.4, -0.2) is 18.0 Å². The zero-order chi connectivity index (χ0) is 17.9. The summed E-state index contributed by atoms with van der Waals surface area (Å²) in [6, 6.07) is 8.72. The van der Waals surface area contributed by atoms with Crippen LogP contribution in [0.2, 0.25) is 0 Å². The van der Waals surface area contributed by atoms with E-state index in [0.717, 1.165) is 12.7 Å². The molecule has 0 amide bonds. The number of methoxy groups -OCH3 is 1. The van der Waals surface area contributed by atoms with E-state index in [0.29, 0.717) is 11.3 Å². The summed E-state index contributed by atoms with van der Waals surface area (Å²) < 4.78 is 18.3. The van der Waals surface area contributed by atoms with E-state index in [-0.39, 0.29) is 23.1 Å². The molecule has 6 nitrogen and oxygen atoms in total. The van der Waals surface area contributed by atoms with Crippen molar-refractivity contribution >= 4 is 17.3 Å². The number of anilines is 1. The average molecular weight is 332 g/mol. The summed E-state index contributed by atoms with van der Waals surface area (Å²) in [5, 5.41) is 14.1. The van der Waals surface area contributed by atoms with Crippen LogP contribution in [0.3, 0.4) is 0 Å². The zero-order valence-electron chi connectivity index (χ0n) is 13.5. The molecule has 0 saturated heterocycles. The molecular formula is C17H17FN2O4. The molecule has 24 heavy (non-hydrogen) atoms. The molecule has 2 rings (SSSR count). The number of aryl methyl sites for hydroxylation is 1. The van der Waals surface area contributed by atoms with Gasteiger partial charge in [-0.05, 0) is 43.2 Å². The first-order valence-electron chi connectivity index (χ1n) is 7.23. The first-order valence-corrected chi connectivity index (χ1v) is 7.23. The molecule has 0 aliphatic rings. The number of hydrogen-bond acceptors (Lipinski definition) is 5.